The molecule has 0 unspecified atom stereocenters. The molecule has 0 aliphatic rings. The van der Waals surface area contributed by atoms with Crippen LogP contribution in [0.5, 0.6) is 0 Å². The maximum Gasteiger partial charge on any atom is 0.173 e. The van der Waals surface area contributed by atoms with E-state index in [1.54, 1.807) is 0 Å². The number of nitrogens with zero attached hydrogens (tertiary/aromatic N) is 3. The molecular weight excluding hydrogens is 274 g/mol. The number of aromatic nitrogens is 2. The molecule has 0 aliphatic carbocycles. The number of nitrogen functional groups attached to an aromatic ring is 1. The van der Waals surface area contributed by atoms with Gasteiger partial charge in [0.15, 0.2) is 11.5 Å². The first-order valence-corrected chi connectivity index (χ1v) is 7.16. The number of nitrogens with one attached hydrogen (secondary N) is 1. The van der Waals surface area contributed by atoms with Crippen LogP contribution in [0.25, 0.3) is 0 Å². The van der Waals surface area contributed by atoms with E-state index in [0.717, 1.165) is 24.2 Å². The van der Waals surface area contributed by atoms with Crippen LogP contribution in [0.2, 0.25) is 0 Å². The van der Waals surface area contributed by atoms with Crippen molar-refractivity contribution in [2.75, 3.05) is 5.73 Å². The summed E-state index contributed by atoms with van der Waals surface area (Å²) in [4.78, 5) is 0. The summed E-state index contributed by atoms with van der Waals surface area (Å²) in [5.41, 5.74) is 9.46. The molecule has 0 fully saturated rings. The summed E-state index contributed by atoms with van der Waals surface area (Å²) in [7, 11) is 0. The Morgan fingerprint density at radius 1 is 0.864 bits per heavy atom. The average Bonchev–Trinajstić information content (AvgIpc) is 2.93. The zero-order valence-electron chi connectivity index (χ0n) is 12.1. The zero-order chi connectivity index (χ0) is 15.2. The Morgan fingerprint density at radius 3 is 2.27 bits per heavy atom. The van der Waals surface area contributed by atoms with Crippen LogP contribution >= 0.6 is 0 Å². The normalized spacial score (nSPS) is 11.1. The van der Waals surface area contributed by atoms with Gasteiger partial charge in [-0.3, -0.25) is 5.10 Å². The maximum absolute atomic E-state index is 5.88. The molecule has 3 aromatic rings. The van der Waals surface area contributed by atoms with Crippen molar-refractivity contribution in [3.63, 3.8) is 0 Å². The Kier molecular flexibility index (Phi) is 4.25. The fourth-order valence-electron chi connectivity index (χ4n) is 2.19. The minimum Gasteiger partial charge on any atom is -0.380 e. The molecule has 1 heterocycles. The van der Waals surface area contributed by atoms with Gasteiger partial charge in [0, 0.05) is 0 Å². The Labute approximate surface area is 128 Å². The lowest BCUT2D eigenvalue weighted by molar-refractivity contribution is 0.891. The molecule has 0 spiro atoms. The van der Waals surface area contributed by atoms with Crippen LogP contribution in [0.4, 0.5) is 17.2 Å². The molecule has 1 aromatic heterocycles. The molecule has 0 amide bonds. The number of rotatable bonds is 5. The summed E-state index contributed by atoms with van der Waals surface area (Å²) in [6.45, 7) is 0. The number of aryl methyl sites for hydroxylation is 2. The minimum atomic E-state index is 0.378. The zero-order valence-corrected chi connectivity index (χ0v) is 12.1. The molecule has 0 saturated heterocycles. The number of azo groups is 1. The van der Waals surface area contributed by atoms with Crippen molar-refractivity contribution in [1.29, 1.82) is 0 Å². The van der Waals surface area contributed by atoms with E-state index in [2.05, 4.69) is 32.6 Å². The molecule has 2 aromatic carbocycles. The Bertz CT molecular complexity index is 747. The summed E-state index contributed by atoms with van der Waals surface area (Å²) in [5.74, 6) is 0.378. The molecule has 0 radical (unpaired) electrons. The third kappa shape index (κ3) is 3.38. The van der Waals surface area contributed by atoms with Gasteiger partial charge in [0.1, 0.15) is 0 Å². The molecule has 0 bridgehead atoms. The average molecular weight is 291 g/mol. The van der Waals surface area contributed by atoms with Gasteiger partial charge in [-0.2, -0.15) is 10.2 Å². The number of aromatic amines is 1. The second-order valence-electron chi connectivity index (χ2n) is 4.96. The van der Waals surface area contributed by atoms with Gasteiger partial charge in [0.2, 0.25) is 0 Å². The number of H-pyrrole nitrogens is 1. The Balaban J connectivity index is 1.75. The Morgan fingerprint density at radius 2 is 1.55 bits per heavy atom. The van der Waals surface area contributed by atoms with Crippen molar-refractivity contribution in [3.05, 3.63) is 71.9 Å². The van der Waals surface area contributed by atoms with Gasteiger partial charge in [-0.05, 0) is 30.5 Å². The molecule has 3 N–H and O–H groups in total. The first-order chi connectivity index (χ1) is 10.8. The van der Waals surface area contributed by atoms with Crippen molar-refractivity contribution in [1.82, 2.24) is 10.2 Å². The van der Waals surface area contributed by atoms with E-state index in [1.165, 1.54) is 5.56 Å². The lowest BCUT2D eigenvalue weighted by atomic mass is 10.1. The second kappa shape index (κ2) is 6.67. The number of benzene rings is 2. The van der Waals surface area contributed by atoms with Crippen LogP contribution in [0.3, 0.4) is 0 Å². The van der Waals surface area contributed by atoms with Crippen molar-refractivity contribution in [2.24, 2.45) is 10.2 Å². The predicted molar refractivity (Wildman–Crippen MR) is 87.5 cm³/mol. The standard InChI is InChI=1S/C17H17N5/c18-17-16(21-19-14-9-5-2-6-10-14)15(20-22-17)12-11-13-7-3-1-4-8-13/h1-10H,11-12H2,(H3,18,20,22). The van der Waals surface area contributed by atoms with Gasteiger partial charge < -0.3 is 5.73 Å². The highest BCUT2D eigenvalue weighted by Gasteiger charge is 2.10. The molecule has 110 valence electrons. The van der Waals surface area contributed by atoms with Crippen LogP contribution in [-0.2, 0) is 12.8 Å². The third-order valence-electron chi connectivity index (χ3n) is 3.37. The van der Waals surface area contributed by atoms with E-state index in [-0.39, 0.29) is 0 Å². The first kappa shape index (κ1) is 14.0. The van der Waals surface area contributed by atoms with Gasteiger partial charge in [-0.1, -0.05) is 48.5 Å². The molecule has 3 rings (SSSR count). The summed E-state index contributed by atoms with van der Waals surface area (Å²) >= 11 is 0. The van der Waals surface area contributed by atoms with Crippen LogP contribution in [0, 0.1) is 0 Å². The largest absolute Gasteiger partial charge is 0.380 e. The molecule has 5 nitrogen and oxygen atoms in total. The Hall–Kier alpha value is -2.95. The quantitative estimate of drug-likeness (QED) is 0.691. The van der Waals surface area contributed by atoms with Gasteiger partial charge in [-0.25, -0.2) is 0 Å². The van der Waals surface area contributed by atoms with Gasteiger partial charge in [0.25, 0.3) is 0 Å². The molecule has 0 aliphatic heterocycles. The van der Waals surface area contributed by atoms with Crippen LogP contribution in [0.15, 0.2) is 70.9 Å². The van der Waals surface area contributed by atoms with E-state index in [1.807, 2.05) is 48.5 Å². The van der Waals surface area contributed by atoms with Gasteiger partial charge in [0.05, 0.1) is 11.4 Å². The van der Waals surface area contributed by atoms with Crippen molar-refractivity contribution < 1.29 is 0 Å². The summed E-state index contributed by atoms with van der Waals surface area (Å²) in [6, 6.07) is 19.8. The van der Waals surface area contributed by atoms with E-state index in [0.29, 0.717) is 11.5 Å². The highest BCUT2D eigenvalue weighted by atomic mass is 15.2. The smallest absolute Gasteiger partial charge is 0.173 e. The molecule has 0 atom stereocenters. The first-order valence-electron chi connectivity index (χ1n) is 7.16. The van der Waals surface area contributed by atoms with E-state index in [4.69, 9.17) is 5.73 Å². The lowest BCUT2D eigenvalue weighted by Gasteiger charge is -2.00. The maximum atomic E-state index is 5.88. The predicted octanol–water partition coefficient (Wildman–Crippen LogP) is 4.19. The highest BCUT2D eigenvalue weighted by molar-refractivity contribution is 5.60. The number of hydrogen-bond acceptors (Lipinski definition) is 4. The van der Waals surface area contributed by atoms with E-state index in [9.17, 15) is 0 Å². The van der Waals surface area contributed by atoms with Gasteiger partial charge >= 0.3 is 0 Å². The fraction of sp³-hybridized carbons (Fsp3) is 0.118. The van der Waals surface area contributed by atoms with Crippen LogP contribution < -0.4 is 5.73 Å². The summed E-state index contributed by atoms with van der Waals surface area (Å²) < 4.78 is 0. The second-order valence-corrected chi connectivity index (χ2v) is 4.96. The fourth-order valence-corrected chi connectivity index (χ4v) is 2.19. The third-order valence-corrected chi connectivity index (χ3v) is 3.37. The summed E-state index contributed by atoms with van der Waals surface area (Å²) in [5, 5.41) is 15.5. The molecule has 5 heteroatoms. The monoisotopic (exact) mass is 291 g/mol. The SMILES string of the molecule is Nc1n[nH]c(CCc2ccccc2)c1N=Nc1ccccc1. The summed E-state index contributed by atoms with van der Waals surface area (Å²) in [6.07, 6.45) is 1.69. The number of anilines is 1. The van der Waals surface area contributed by atoms with Crippen molar-refractivity contribution in [2.45, 2.75) is 12.8 Å². The van der Waals surface area contributed by atoms with Crippen molar-refractivity contribution in [3.8, 4) is 0 Å². The molecule has 22 heavy (non-hydrogen) atoms. The van der Waals surface area contributed by atoms with Gasteiger partial charge in [-0.15, -0.1) is 5.11 Å². The van der Waals surface area contributed by atoms with E-state index >= 15 is 0 Å². The van der Waals surface area contributed by atoms with Crippen LogP contribution in [0.1, 0.15) is 11.3 Å². The number of hydrogen-bond donors (Lipinski definition) is 2. The van der Waals surface area contributed by atoms with Crippen molar-refractivity contribution >= 4 is 17.2 Å². The molecule has 0 saturated carbocycles. The minimum absolute atomic E-state index is 0.378. The number of nitrogens with two attached hydrogens (primary N) is 1. The molecular formula is C17H17N5. The van der Waals surface area contributed by atoms with E-state index < -0.39 is 0 Å². The lowest BCUT2D eigenvalue weighted by Crippen LogP contribution is -1.92. The van der Waals surface area contributed by atoms with Crippen LogP contribution in [-0.4, -0.2) is 10.2 Å². The topological polar surface area (TPSA) is 79.4 Å². The highest BCUT2D eigenvalue weighted by Crippen LogP contribution is 2.27.